The van der Waals surface area contributed by atoms with Gasteiger partial charge in [0.2, 0.25) is 5.91 Å². The highest BCUT2D eigenvalue weighted by Crippen LogP contribution is 2.30. The lowest BCUT2D eigenvalue weighted by molar-refractivity contribution is -0.130. The standard InChI is InChI=1S/C22H28N4O3/c1-4-29-19-10-9-18(13-20(19)28-3)25-22(23-2)24-14-21(27)26-12-11-16-7-5-6-8-17(16)15-26/h5-10,13H,4,11-12,14-15H2,1-3H3,(H2,23,24,25). The van der Waals surface area contributed by atoms with Crippen molar-refractivity contribution in [3.05, 3.63) is 53.6 Å². The van der Waals surface area contributed by atoms with Crippen molar-refractivity contribution in [1.29, 1.82) is 0 Å². The third kappa shape index (κ3) is 5.19. The van der Waals surface area contributed by atoms with E-state index in [4.69, 9.17) is 9.47 Å². The summed E-state index contributed by atoms with van der Waals surface area (Å²) >= 11 is 0. The summed E-state index contributed by atoms with van der Waals surface area (Å²) in [5, 5.41) is 6.27. The largest absolute Gasteiger partial charge is 0.493 e. The molecule has 0 unspecified atom stereocenters. The predicted octanol–water partition coefficient (Wildman–Crippen LogP) is 2.67. The van der Waals surface area contributed by atoms with Gasteiger partial charge in [0.15, 0.2) is 17.5 Å². The van der Waals surface area contributed by atoms with Crippen LogP contribution in [0.25, 0.3) is 0 Å². The number of anilines is 1. The summed E-state index contributed by atoms with van der Waals surface area (Å²) in [6, 6.07) is 13.8. The number of nitrogens with one attached hydrogen (secondary N) is 2. The molecule has 0 atom stereocenters. The molecule has 154 valence electrons. The van der Waals surface area contributed by atoms with Gasteiger partial charge in [-0.15, -0.1) is 0 Å². The maximum atomic E-state index is 12.6. The molecular weight excluding hydrogens is 368 g/mol. The van der Waals surface area contributed by atoms with E-state index >= 15 is 0 Å². The molecule has 2 aromatic rings. The zero-order valence-corrected chi connectivity index (χ0v) is 17.2. The first-order valence-corrected chi connectivity index (χ1v) is 9.77. The average molecular weight is 396 g/mol. The molecule has 0 aromatic heterocycles. The van der Waals surface area contributed by atoms with E-state index in [-0.39, 0.29) is 12.5 Å². The van der Waals surface area contributed by atoms with Crippen LogP contribution in [0.5, 0.6) is 11.5 Å². The van der Waals surface area contributed by atoms with Gasteiger partial charge < -0.3 is 25.0 Å². The van der Waals surface area contributed by atoms with Crippen LogP contribution < -0.4 is 20.1 Å². The second kappa shape index (κ2) is 9.82. The number of ether oxygens (including phenoxy) is 2. The van der Waals surface area contributed by atoms with Crippen molar-refractivity contribution < 1.29 is 14.3 Å². The normalized spacial score (nSPS) is 13.5. The number of amides is 1. The minimum Gasteiger partial charge on any atom is -0.493 e. The Labute approximate surface area is 171 Å². The Morgan fingerprint density at radius 3 is 2.69 bits per heavy atom. The van der Waals surface area contributed by atoms with E-state index in [1.807, 2.05) is 42.2 Å². The first-order valence-electron chi connectivity index (χ1n) is 9.77. The molecule has 7 heteroatoms. The van der Waals surface area contributed by atoms with Crippen LogP contribution in [-0.2, 0) is 17.8 Å². The minimum atomic E-state index is 0.0479. The van der Waals surface area contributed by atoms with Gasteiger partial charge in [0.1, 0.15) is 0 Å². The number of rotatable bonds is 6. The fraction of sp³-hybridized carbons (Fsp3) is 0.364. The number of methoxy groups -OCH3 is 1. The molecule has 0 saturated heterocycles. The molecule has 1 amide bonds. The fourth-order valence-corrected chi connectivity index (χ4v) is 3.32. The number of benzene rings is 2. The highest BCUT2D eigenvalue weighted by molar-refractivity contribution is 5.96. The van der Waals surface area contributed by atoms with Gasteiger partial charge in [0.25, 0.3) is 0 Å². The zero-order chi connectivity index (χ0) is 20.6. The van der Waals surface area contributed by atoms with Gasteiger partial charge in [0.05, 0.1) is 20.3 Å². The van der Waals surface area contributed by atoms with E-state index in [1.54, 1.807) is 14.2 Å². The second-order valence-electron chi connectivity index (χ2n) is 6.68. The molecule has 1 heterocycles. The predicted molar refractivity (Wildman–Crippen MR) is 115 cm³/mol. The highest BCUT2D eigenvalue weighted by atomic mass is 16.5. The van der Waals surface area contributed by atoms with E-state index < -0.39 is 0 Å². The van der Waals surface area contributed by atoms with Crippen LogP contribution in [0.1, 0.15) is 18.1 Å². The molecule has 0 bridgehead atoms. The molecule has 1 aliphatic rings. The van der Waals surface area contributed by atoms with Crippen molar-refractivity contribution in [2.24, 2.45) is 4.99 Å². The first kappa shape index (κ1) is 20.5. The molecular formula is C22H28N4O3. The smallest absolute Gasteiger partial charge is 0.242 e. The Hall–Kier alpha value is -3.22. The number of hydrogen-bond acceptors (Lipinski definition) is 4. The number of hydrogen-bond donors (Lipinski definition) is 2. The average Bonchev–Trinajstić information content (AvgIpc) is 2.77. The summed E-state index contributed by atoms with van der Waals surface area (Å²) in [5.41, 5.74) is 3.33. The lowest BCUT2D eigenvalue weighted by atomic mass is 10.00. The van der Waals surface area contributed by atoms with E-state index in [2.05, 4.69) is 27.8 Å². The number of fused-ring (bicyclic) bond motifs is 1. The number of carbonyl (C=O) groups is 1. The molecule has 7 nitrogen and oxygen atoms in total. The highest BCUT2D eigenvalue weighted by Gasteiger charge is 2.20. The summed E-state index contributed by atoms with van der Waals surface area (Å²) in [6.07, 6.45) is 0.890. The minimum absolute atomic E-state index is 0.0479. The Morgan fingerprint density at radius 1 is 1.17 bits per heavy atom. The van der Waals surface area contributed by atoms with E-state index in [0.29, 0.717) is 30.6 Å². The summed E-state index contributed by atoms with van der Waals surface area (Å²) < 4.78 is 10.9. The third-order valence-corrected chi connectivity index (χ3v) is 4.84. The van der Waals surface area contributed by atoms with Crippen molar-refractivity contribution in [2.45, 2.75) is 19.9 Å². The maximum Gasteiger partial charge on any atom is 0.242 e. The molecule has 2 aromatic carbocycles. The van der Waals surface area contributed by atoms with Gasteiger partial charge in [-0.3, -0.25) is 9.79 Å². The van der Waals surface area contributed by atoms with Crippen molar-refractivity contribution in [3.8, 4) is 11.5 Å². The van der Waals surface area contributed by atoms with Gasteiger partial charge in [-0.2, -0.15) is 0 Å². The van der Waals surface area contributed by atoms with Crippen LogP contribution in [0, 0.1) is 0 Å². The summed E-state index contributed by atoms with van der Waals surface area (Å²) in [7, 11) is 3.27. The quantitative estimate of drug-likeness (QED) is 0.580. The molecule has 1 aliphatic heterocycles. The Balaban J connectivity index is 1.56. The monoisotopic (exact) mass is 396 g/mol. The Bertz CT molecular complexity index is 882. The Kier molecular flexibility index (Phi) is 6.94. The second-order valence-corrected chi connectivity index (χ2v) is 6.68. The van der Waals surface area contributed by atoms with Crippen LogP contribution in [0.3, 0.4) is 0 Å². The zero-order valence-electron chi connectivity index (χ0n) is 17.2. The first-order chi connectivity index (χ1) is 14.1. The van der Waals surface area contributed by atoms with Gasteiger partial charge in [0, 0.05) is 31.9 Å². The van der Waals surface area contributed by atoms with Gasteiger partial charge in [-0.1, -0.05) is 24.3 Å². The van der Waals surface area contributed by atoms with Crippen molar-refractivity contribution in [2.75, 3.05) is 39.2 Å². The van der Waals surface area contributed by atoms with E-state index in [1.165, 1.54) is 11.1 Å². The van der Waals surface area contributed by atoms with Crippen molar-refractivity contribution in [1.82, 2.24) is 10.2 Å². The van der Waals surface area contributed by atoms with Crippen LogP contribution in [0.15, 0.2) is 47.5 Å². The topological polar surface area (TPSA) is 75.2 Å². The van der Waals surface area contributed by atoms with Gasteiger partial charge >= 0.3 is 0 Å². The van der Waals surface area contributed by atoms with Crippen molar-refractivity contribution in [3.63, 3.8) is 0 Å². The number of carbonyl (C=O) groups excluding carboxylic acids is 1. The molecule has 2 N–H and O–H groups in total. The SMILES string of the molecule is CCOc1ccc(NC(=NC)NCC(=O)N2CCc3ccccc3C2)cc1OC. The number of nitrogens with zero attached hydrogens (tertiary/aromatic N) is 2. The van der Waals surface area contributed by atoms with Crippen molar-refractivity contribution >= 4 is 17.6 Å². The summed E-state index contributed by atoms with van der Waals surface area (Å²) in [5.74, 6) is 1.88. The molecule has 0 radical (unpaired) electrons. The van der Waals surface area contributed by atoms with Crippen LogP contribution in [0.4, 0.5) is 5.69 Å². The number of guanidine groups is 1. The van der Waals surface area contributed by atoms with Gasteiger partial charge in [-0.25, -0.2) is 0 Å². The fourth-order valence-electron chi connectivity index (χ4n) is 3.32. The van der Waals surface area contributed by atoms with Crippen LogP contribution in [-0.4, -0.2) is 50.6 Å². The lowest BCUT2D eigenvalue weighted by Gasteiger charge is -2.29. The maximum absolute atomic E-state index is 12.6. The van der Waals surface area contributed by atoms with E-state index in [9.17, 15) is 4.79 Å². The van der Waals surface area contributed by atoms with Crippen LogP contribution >= 0.6 is 0 Å². The summed E-state index contributed by atoms with van der Waals surface area (Å²) in [6.45, 7) is 4.05. The molecule has 0 aliphatic carbocycles. The third-order valence-electron chi connectivity index (χ3n) is 4.84. The molecule has 29 heavy (non-hydrogen) atoms. The molecule has 0 spiro atoms. The molecule has 0 saturated carbocycles. The molecule has 0 fully saturated rings. The van der Waals surface area contributed by atoms with Gasteiger partial charge in [-0.05, 0) is 36.6 Å². The van der Waals surface area contributed by atoms with Crippen LogP contribution in [0.2, 0.25) is 0 Å². The van der Waals surface area contributed by atoms with E-state index in [0.717, 1.165) is 18.7 Å². The Morgan fingerprint density at radius 2 is 1.97 bits per heavy atom. The number of aliphatic imine (C=N–C) groups is 1. The lowest BCUT2D eigenvalue weighted by Crippen LogP contribution is -2.44. The molecule has 3 rings (SSSR count). The summed E-state index contributed by atoms with van der Waals surface area (Å²) in [4.78, 5) is 18.7.